The van der Waals surface area contributed by atoms with E-state index in [1.165, 1.54) is 16.7 Å². The van der Waals surface area contributed by atoms with Crippen LogP contribution in [0.25, 0.3) is 0 Å². The molecular formula is C23H31IN4O. The van der Waals surface area contributed by atoms with Gasteiger partial charge in [0.2, 0.25) is 5.91 Å². The van der Waals surface area contributed by atoms with Crippen LogP contribution in [0.1, 0.15) is 29.5 Å². The van der Waals surface area contributed by atoms with E-state index in [0.717, 1.165) is 38.0 Å². The van der Waals surface area contributed by atoms with Crippen molar-refractivity contribution in [1.29, 1.82) is 0 Å². The fraction of sp³-hybridized carbons (Fsp3) is 0.391. The van der Waals surface area contributed by atoms with Crippen molar-refractivity contribution in [3.8, 4) is 0 Å². The molecule has 2 aromatic carbocycles. The molecule has 1 aliphatic rings. The van der Waals surface area contributed by atoms with E-state index in [1.54, 1.807) is 0 Å². The van der Waals surface area contributed by atoms with Gasteiger partial charge in [-0.2, -0.15) is 0 Å². The maximum Gasteiger partial charge on any atom is 0.244 e. The van der Waals surface area contributed by atoms with Gasteiger partial charge >= 0.3 is 0 Å². The van der Waals surface area contributed by atoms with E-state index < -0.39 is 0 Å². The first-order valence-corrected chi connectivity index (χ1v) is 9.97. The van der Waals surface area contributed by atoms with Gasteiger partial charge in [-0.15, -0.1) is 24.0 Å². The lowest BCUT2D eigenvalue weighted by molar-refractivity contribution is -0.130. The first-order valence-electron chi connectivity index (χ1n) is 9.97. The molecule has 1 aliphatic heterocycles. The van der Waals surface area contributed by atoms with Crippen LogP contribution in [0.4, 0.5) is 5.69 Å². The third-order valence-electron chi connectivity index (χ3n) is 5.50. The van der Waals surface area contributed by atoms with Crippen LogP contribution in [0.15, 0.2) is 53.5 Å². The highest BCUT2D eigenvalue weighted by Crippen LogP contribution is 2.21. The van der Waals surface area contributed by atoms with Crippen molar-refractivity contribution < 1.29 is 4.79 Å². The molecule has 0 radical (unpaired) electrons. The highest BCUT2D eigenvalue weighted by molar-refractivity contribution is 14.0. The highest BCUT2D eigenvalue weighted by atomic mass is 127. The van der Waals surface area contributed by atoms with Crippen molar-refractivity contribution in [2.24, 2.45) is 16.6 Å². The van der Waals surface area contributed by atoms with Crippen LogP contribution in [0, 0.1) is 19.8 Å². The van der Waals surface area contributed by atoms with Crippen molar-refractivity contribution in [1.82, 2.24) is 4.90 Å². The number of amides is 1. The number of piperidine rings is 1. The highest BCUT2D eigenvalue weighted by Gasteiger charge is 2.22. The number of nitrogens with zero attached hydrogens (tertiary/aromatic N) is 2. The van der Waals surface area contributed by atoms with Crippen molar-refractivity contribution in [2.75, 3.05) is 25.0 Å². The van der Waals surface area contributed by atoms with Crippen molar-refractivity contribution >= 4 is 41.5 Å². The van der Waals surface area contributed by atoms with Gasteiger partial charge in [0.15, 0.2) is 5.96 Å². The number of carbonyl (C=O) groups is 1. The van der Waals surface area contributed by atoms with Gasteiger partial charge in [0.1, 0.15) is 6.54 Å². The van der Waals surface area contributed by atoms with Crippen LogP contribution in [-0.2, 0) is 11.2 Å². The number of hydrogen-bond donors (Lipinski definition) is 2. The van der Waals surface area contributed by atoms with E-state index in [1.807, 2.05) is 29.2 Å². The minimum atomic E-state index is 0. The number of guanidine groups is 1. The zero-order chi connectivity index (χ0) is 19.9. The van der Waals surface area contributed by atoms with Crippen LogP contribution in [0.5, 0.6) is 0 Å². The summed E-state index contributed by atoms with van der Waals surface area (Å²) in [6, 6.07) is 16.6. The Labute approximate surface area is 190 Å². The summed E-state index contributed by atoms with van der Waals surface area (Å²) in [7, 11) is 0. The molecule has 0 aliphatic carbocycles. The molecular weight excluding hydrogens is 475 g/mol. The number of aliphatic imine (C=N–C) groups is 1. The topological polar surface area (TPSA) is 70.7 Å². The van der Waals surface area contributed by atoms with Gasteiger partial charge in [-0.3, -0.25) is 4.79 Å². The normalized spacial score (nSPS) is 15.0. The number of halogens is 1. The Bertz CT molecular complexity index is 830. The van der Waals surface area contributed by atoms with E-state index in [-0.39, 0.29) is 42.4 Å². The van der Waals surface area contributed by atoms with E-state index >= 15 is 0 Å². The second-order valence-corrected chi connectivity index (χ2v) is 7.64. The molecule has 29 heavy (non-hydrogen) atoms. The van der Waals surface area contributed by atoms with Crippen LogP contribution < -0.4 is 11.1 Å². The smallest absolute Gasteiger partial charge is 0.244 e. The average molecular weight is 506 g/mol. The number of aryl methyl sites for hydroxylation is 2. The molecule has 0 bridgehead atoms. The van der Waals surface area contributed by atoms with Gasteiger partial charge in [0.05, 0.1) is 0 Å². The number of nitrogens with two attached hydrogens (primary N) is 1. The largest absolute Gasteiger partial charge is 0.370 e. The van der Waals surface area contributed by atoms with Crippen molar-refractivity contribution in [3.05, 3.63) is 65.2 Å². The average Bonchev–Trinajstić information content (AvgIpc) is 2.70. The number of carbonyl (C=O) groups excluding carboxylic acids is 1. The summed E-state index contributed by atoms with van der Waals surface area (Å²) < 4.78 is 0. The molecule has 6 heteroatoms. The molecule has 5 nitrogen and oxygen atoms in total. The minimum Gasteiger partial charge on any atom is -0.370 e. The fourth-order valence-corrected chi connectivity index (χ4v) is 3.59. The quantitative estimate of drug-likeness (QED) is 0.364. The summed E-state index contributed by atoms with van der Waals surface area (Å²) in [6.07, 6.45) is 3.18. The Morgan fingerprint density at radius 1 is 1.10 bits per heavy atom. The summed E-state index contributed by atoms with van der Waals surface area (Å²) >= 11 is 0. The summed E-state index contributed by atoms with van der Waals surface area (Å²) in [5, 5.41) is 3.06. The summed E-state index contributed by atoms with van der Waals surface area (Å²) in [4.78, 5) is 18.6. The van der Waals surface area contributed by atoms with Gasteiger partial charge in [0, 0.05) is 18.8 Å². The Morgan fingerprint density at radius 3 is 2.45 bits per heavy atom. The first kappa shape index (κ1) is 23.2. The Hall–Kier alpha value is -2.09. The lowest BCUT2D eigenvalue weighted by atomic mass is 9.90. The fourth-order valence-electron chi connectivity index (χ4n) is 3.59. The minimum absolute atomic E-state index is 0. The molecule has 1 heterocycles. The lowest BCUT2D eigenvalue weighted by Gasteiger charge is -2.31. The monoisotopic (exact) mass is 506 g/mol. The van der Waals surface area contributed by atoms with Crippen LogP contribution in [-0.4, -0.2) is 36.4 Å². The number of nitrogens with one attached hydrogen (secondary N) is 1. The molecule has 0 spiro atoms. The van der Waals surface area contributed by atoms with Gasteiger partial charge < -0.3 is 16.0 Å². The van der Waals surface area contributed by atoms with Crippen molar-refractivity contribution in [3.63, 3.8) is 0 Å². The number of rotatable bonds is 5. The zero-order valence-electron chi connectivity index (χ0n) is 17.2. The molecule has 1 fully saturated rings. The van der Waals surface area contributed by atoms with Crippen LogP contribution in [0.2, 0.25) is 0 Å². The molecule has 3 N–H and O–H groups in total. The number of hydrogen-bond acceptors (Lipinski definition) is 2. The third kappa shape index (κ3) is 7.03. The van der Waals surface area contributed by atoms with E-state index in [2.05, 4.69) is 48.4 Å². The number of likely N-dealkylation sites (tertiary alicyclic amines) is 1. The Kier molecular flexibility index (Phi) is 8.95. The first-order chi connectivity index (χ1) is 13.5. The standard InChI is InChI=1S/C23H30N4O.HI/c1-17-8-9-21(14-18(17)2)26-23(24)25-16-22(28)27-12-10-20(11-13-27)15-19-6-4-3-5-7-19;/h3-9,14,20H,10-13,15-16H2,1-2H3,(H3,24,25,26);1H. The van der Waals surface area contributed by atoms with Crippen LogP contribution >= 0.6 is 24.0 Å². The summed E-state index contributed by atoms with van der Waals surface area (Å²) in [5.41, 5.74) is 10.6. The molecule has 156 valence electrons. The lowest BCUT2D eigenvalue weighted by Crippen LogP contribution is -2.40. The van der Waals surface area contributed by atoms with E-state index in [9.17, 15) is 4.79 Å². The van der Waals surface area contributed by atoms with Gasteiger partial charge in [-0.25, -0.2) is 4.99 Å². The number of benzene rings is 2. The van der Waals surface area contributed by atoms with E-state index in [0.29, 0.717) is 5.92 Å². The Morgan fingerprint density at radius 2 is 1.79 bits per heavy atom. The Balaban J connectivity index is 0.00000300. The summed E-state index contributed by atoms with van der Waals surface area (Å²) in [6.45, 7) is 5.82. The SMILES string of the molecule is Cc1ccc(NC(N)=NCC(=O)N2CCC(Cc3ccccc3)CC2)cc1C.I. The molecule has 0 aromatic heterocycles. The molecule has 0 atom stereocenters. The van der Waals surface area contributed by atoms with Gasteiger partial charge in [0.25, 0.3) is 0 Å². The molecule has 3 rings (SSSR count). The van der Waals surface area contributed by atoms with Crippen LogP contribution in [0.3, 0.4) is 0 Å². The second-order valence-electron chi connectivity index (χ2n) is 7.64. The maximum absolute atomic E-state index is 12.5. The second kappa shape index (κ2) is 11.2. The van der Waals surface area contributed by atoms with Crippen molar-refractivity contribution in [2.45, 2.75) is 33.1 Å². The predicted molar refractivity (Wildman–Crippen MR) is 131 cm³/mol. The van der Waals surface area contributed by atoms with Gasteiger partial charge in [-0.05, 0) is 67.9 Å². The molecule has 1 saturated heterocycles. The number of anilines is 1. The third-order valence-corrected chi connectivity index (χ3v) is 5.50. The zero-order valence-corrected chi connectivity index (χ0v) is 19.6. The molecule has 0 unspecified atom stereocenters. The van der Waals surface area contributed by atoms with Gasteiger partial charge in [-0.1, -0.05) is 36.4 Å². The summed E-state index contributed by atoms with van der Waals surface area (Å²) in [5.74, 6) is 0.963. The predicted octanol–water partition coefficient (Wildman–Crippen LogP) is 4.13. The molecule has 1 amide bonds. The maximum atomic E-state index is 12.5. The molecule has 2 aromatic rings. The van der Waals surface area contributed by atoms with E-state index in [4.69, 9.17) is 5.73 Å². The molecule has 0 saturated carbocycles.